The van der Waals surface area contributed by atoms with Gasteiger partial charge in [0.25, 0.3) is 0 Å². The molecule has 0 aliphatic rings. The van der Waals surface area contributed by atoms with E-state index in [4.69, 9.17) is 15.0 Å². The highest BCUT2D eigenvalue weighted by molar-refractivity contribution is 7.26. The summed E-state index contributed by atoms with van der Waals surface area (Å²) in [6.07, 6.45) is 0. The van der Waals surface area contributed by atoms with Gasteiger partial charge in [-0.2, -0.15) is 0 Å². The zero-order chi connectivity index (χ0) is 29.7. The molecule has 0 saturated carbocycles. The summed E-state index contributed by atoms with van der Waals surface area (Å²) >= 11 is 1.79. The number of benzene rings is 7. The third-order valence-electron chi connectivity index (χ3n) is 8.53. The first-order chi connectivity index (χ1) is 22.3. The van der Waals surface area contributed by atoms with Crippen molar-refractivity contribution in [3.05, 3.63) is 152 Å². The largest absolute Gasteiger partial charge is 0.208 e. The molecule has 3 nitrogen and oxygen atoms in total. The summed E-state index contributed by atoms with van der Waals surface area (Å²) in [7, 11) is 0. The first kappa shape index (κ1) is 25.8. The van der Waals surface area contributed by atoms with Crippen LogP contribution in [0.4, 0.5) is 0 Å². The maximum atomic E-state index is 5.14. The van der Waals surface area contributed by atoms with Crippen LogP contribution in [-0.4, -0.2) is 15.0 Å². The fourth-order valence-corrected chi connectivity index (χ4v) is 7.48. The van der Waals surface area contributed by atoms with E-state index >= 15 is 0 Å². The van der Waals surface area contributed by atoms with Gasteiger partial charge in [0.2, 0.25) is 0 Å². The van der Waals surface area contributed by atoms with Gasteiger partial charge in [0.1, 0.15) is 0 Å². The van der Waals surface area contributed by atoms with Gasteiger partial charge < -0.3 is 0 Å². The van der Waals surface area contributed by atoms with Crippen molar-refractivity contribution in [2.24, 2.45) is 0 Å². The second-order valence-corrected chi connectivity index (χ2v) is 12.3. The topological polar surface area (TPSA) is 38.7 Å². The minimum absolute atomic E-state index is 0.659. The molecule has 0 saturated heterocycles. The predicted octanol–water partition coefficient (Wildman–Crippen LogP) is 11.2. The standard InChI is InChI=1S/C41H25N3S/c1-2-9-26(10-3-1)27-17-20-29(21-18-27)39-42-40(31-23-24-33-30(25-31)22-19-28-11-4-5-12-32(28)33)44-41(43-39)36-15-8-14-35-34-13-6-7-16-37(34)45-38(35)36/h1-25H. The molecule has 0 unspecified atom stereocenters. The highest BCUT2D eigenvalue weighted by Gasteiger charge is 2.17. The average molecular weight is 592 g/mol. The van der Waals surface area contributed by atoms with Crippen molar-refractivity contribution in [1.82, 2.24) is 15.0 Å². The molecule has 4 heteroatoms. The maximum absolute atomic E-state index is 5.14. The Labute approximate surface area is 264 Å². The number of rotatable bonds is 4. The molecule has 0 fully saturated rings. The highest BCUT2D eigenvalue weighted by Crippen LogP contribution is 2.40. The molecule has 0 amide bonds. The van der Waals surface area contributed by atoms with Crippen LogP contribution in [0.3, 0.4) is 0 Å². The first-order valence-corrected chi connectivity index (χ1v) is 15.8. The SMILES string of the molecule is c1ccc(-c2ccc(-c3nc(-c4ccc5c(ccc6ccccc65)c4)nc(-c4cccc5c4sc4ccccc45)n3)cc2)cc1. The Bertz CT molecular complexity index is 2530. The molecule has 7 aromatic carbocycles. The summed E-state index contributed by atoms with van der Waals surface area (Å²) in [6.45, 7) is 0. The third-order valence-corrected chi connectivity index (χ3v) is 9.75. The van der Waals surface area contributed by atoms with Gasteiger partial charge in [0.15, 0.2) is 17.5 Å². The first-order valence-electron chi connectivity index (χ1n) is 15.0. The van der Waals surface area contributed by atoms with E-state index in [2.05, 4.69) is 146 Å². The average Bonchev–Trinajstić information content (AvgIpc) is 3.50. The summed E-state index contributed by atoms with van der Waals surface area (Å²) in [4.78, 5) is 15.3. The molecule has 210 valence electrons. The normalized spacial score (nSPS) is 11.6. The lowest BCUT2D eigenvalue weighted by Gasteiger charge is -2.11. The Hall–Kier alpha value is -5.71. The van der Waals surface area contributed by atoms with E-state index in [-0.39, 0.29) is 0 Å². The van der Waals surface area contributed by atoms with Crippen molar-refractivity contribution in [1.29, 1.82) is 0 Å². The summed E-state index contributed by atoms with van der Waals surface area (Å²) < 4.78 is 2.44. The lowest BCUT2D eigenvalue weighted by atomic mass is 10.00. The van der Waals surface area contributed by atoms with E-state index in [9.17, 15) is 0 Å². The van der Waals surface area contributed by atoms with Gasteiger partial charge in [-0.05, 0) is 50.9 Å². The third kappa shape index (κ3) is 4.46. The van der Waals surface area contributed by atoms with E-state index in [1.807, 2.05) is 6.07 Å². The Morgan fingerprint density at radius 1 is 0.356 bits per heavy atom. The van der Waals surface area contributed by atoms with E-state index in [0.717, 1.165) is 27.6 Å². The number of fused-ring (bicyclic) bond motifs is 6. The minimum atomic E-state index is 0.659. The highest BCUT2D eigenvalue weighted by atomic mass is 32.1. The molecular weight excluding hydrogens is 567 g/mol. The Morgan fingerprint density at radius 2 is 0.956 bits per heavy atom. The molecule has 0 N–H and O–H groups in total. The molecule has 9 aromatic rings. The van der Waals surface area contributed by atoms with Crippen molar-refractivity contribution >= 4 is 53.1 Å². The van der Waals surface area contributed by atoms with Crippen LogP contribution in [0.15, 0.2) is 152 Å². The lowest BCUT2D eigenvalue weighted by molar-refractivity contribution is 1.08. The van der Waals surface area contributed by atoms with Crippen molar-refractivity contribution < 1.29 is 0 Å². The van der Waals surface area contributed by atoms with E-state index in [1.165, 1.54) is 41.9 Å². The van der Waals surface area contributed by atoms with Crippen LogP contribution in [0, 0.1) is 0 Å². The monoisotopic (exact) mass is 591 g/mol. The molecule has 45 heavy (non-hydrogen) atoms. The van der Waals surface area contributed by atoms with Crippen molar-refractivity contribution in [2.75, 3.05) is 0 Å². The zero-order valence-corrected chi connectivity index (χ0v) is 25.0. The molecule has 2 heterocycles. The number of thiophene rings is 1. The Balaban J connectivity index is 1.24. The van der Waals surface area contributed by atoms with Gasteiger partial charge in [0, 0.05) is 36.9 Å². The van der Waals surface area contributed by atoms with Gasteiger partial charge in [0.05, 0.1) is 0 Å². The number of hydrogen-bond donors (Lipinski definition) is 0. The zero-order valence-electron chi connectivity index (χ0n) is 24.2. The van der Waals surface area contributed by atoms with E-state index in [1.54, 1.807) is 11.3 Å². The second-order valence-electron chi connectivity index (χ2n) is 11.3. The smallest absolute Gasteiger partial charge is 0.165 e. The Morgan fingerprint density at radius 3 is 1.82 bits per heavy atom. The molecule has 0 bridgehead atoms. The summed E-state index contributed by atoms with van der Waals surface area (Å²) in [5.41, 5.74) is 5.28. The van der Waals surface area contributed by atoms with Crippen LogP contribution < -0.4 is 0 Å². The van der Waals surface area contributed by atoms with Gasteiger partial charge in [-0.3, -0.25) is 0 Å². The number of hydrogen-bond acceptors (Lipinski definition) is 4. The van der Waals surface area contributed by atoms with Gasteiger partial charge in [-0.25, -0.2) is 15.0 Å². The molecule has 0 atom stereocenters. The van der Waals surface area contributed by atoms with Gasteiger partial charge in [-0.15, -0.1) is 11.3 Å². The van der Waals surface area contributed by atoms with Crippen LogP contribution >= 0.6 is 11.3 Å². The van der Waals surface area contributed by atoms with Gasteiger partial charge in [-0.1, -0.05) is 133 Å². The summed E-state index contributed by atoms with van der Waals surface area (Å²) in [5.74, 6) is 2.00. The minimum Gasteiger partial charge on any atom is -0.208 e. The van der Waals surface area contributed by atoms with Crippen LogP contribution in [0.2, 0.25) is 0 Å². The molecule has 0 spiro atoms. The lowest BCUT2D eigenvalue weighted by Crippen LogP contribution is -2.00. The Kier molecular flexibility index (Phi) is 6.00. The maximum Gasteiger partial charge on any atom is 0.165 e. The van der Waals surface area contributed by atoms with Gasteiger partial charge >= 0.3 is 0 Å². The molecule has 2 aromatic heterocycles. The van der Waals surface area contributed by atoms with Crippen LogP contribution in [-0.2, 0) is 0 Å². The summed E-state index contributed by atoms with van der Waals surface area (Å²) in [6, 6.07) is 53.3. The fourth-order valence-electron chi connectivity index (χ4n) is 6.27. The van der Waals surface area contributed by atoms with Crippen molar-refractivity contribution in [3.8, 4) is 45.3 Å². The molecule has 9 rings (SSSR count). The molecular formula is C41H25N3S. The predicted molar refractivity (Wildman–Crippen MR) is 189 cm³/mol. The van der Waals surface area contributed by atoms with Crippen molar-refractivity contribution in [2.45, 2.75) is 0 Å². The molecule has 0 aliphatic heterocycles. The van der Waals surface area contributed by atoms with Crippen LogP contribution in [0.1, 0.15) is 0 Å². The molecule has 0 aliphatic carbocycles. The second kappa shape index (κ2) is 10.5. The van der Waals surface area contributed by atoms with E-state index in [0.29, 0.717) is 17.5 Å². The van der Waals surface area contributed by atoms with Crippen LogP contribution in [0.25, 0.3) is 87.0 Å². The quantitative estimate of drug-likeness (QED) is 0.191. The number of aromatic nitrogens is 3. The van der Waals surface area contributed by atoms with Crippen LogP contribution in [0.5, 0.6) is 0 Å². The molecule has 0 radical (unpaired) electrons. The van der Waals surface area contributed by atoms with E-state index < -0.39 is 0 Å². The number of nitrogens with zero attached hydrogens (tertiary/aromatic N) is 3. The fraction of sp³-hybridized carbons (Fsp3) is 0. The summed E-state index contributed by atoms with van der Waals surface area (Å²) in [5, 5.41) is 7.34. The van der Waals surface area contributed by atoms with Crippen molar-refractivity contribution in [3.63, 3.8) is 0 Å².